The lowest BCUT2D eigenvalue weighted by atomic mass is 10.3. The molecule has 1 heterocycles. The third-order valence-electron chi connectivity index (χ3n) is 2.81. The smallest absolute Gasteiger partial charge is 0.0587 e. The molecule has 1 N–H and O–H groups in total. The molecule has 0 amide bonds. The number of hydrogen-bond acceptors (Lipinski definition) is 4. The first-order chi connectivity index (χ1) is 7.72. The van der Waals surface area contributed by atoms with Gasteiger partial charge < -0.3 is 15.0 Å². The van der Waals surface area contributed by atoms with E-state index in [1.54, 1.807) is 7.11 Å². The van der Waals surface area contributed by atoms with E-state index in [-0.39, 0.29) is 0 Å². The largest absolute Gasteiger partial charge is 0.383 e. The van der Waals surface area contributed by atoms with Gasteiger partial charge in [-0.2, -0.15) is 11.8 Å². The number of nitrogens with zero attached hydrogens (tertiary/aromatic N) is 1. The van der Waals surface area contributed by atoms with Crippen LogP contribution in [0.2, 0.25) is 0 Å². The summed E-state index contributed by atoms with van der Waals surface area (Å²) in [6, 6.07) is 0. The van der Waals surface area contributed by atoms with Crippen LogP contribution >= 0.6 is 11.8 Å². The zero-order valence-corrected chi connectivity index (χ0v) is 11.7. The summed E-state index contributed by atoms with van der Waals surface area (Å²) in [5.41, 5.74) is 0. The monoisotopic (exact) mass is 246 g/mol. The molecule has 0 aromatic carbocycles. The van der Waals surface area contributed by atoms with Crippen molar-refractivity contribution in [1.82, 2.24) is 10.2 Å². The lowest BCUT2D eigenvalue weighted by molar-refractivity contribution is 0.198. The molecule has 2 unspecified atom stereocenters. The van der Waals surface area contributed by atoms with Gasteiger partial charge in [-0.05, 0) is 19.5 Å². The van der Waals surface area contributed by atoms with Gasteiger partial charge in [0.05, 0.1) is 6.61 Å². The summed E-state index contributed by atoms with van der Waals surface area (Å²) in [4.78, 5) is 2.60. The number of ether oxygens (including phenoxy) is 1. The van der Waals surface area contributed by atoms with Crippen molar-refractivity contribution in [3.05, 3.63) is 0 Å². The average molecular weight is 246 g/mol. The summed E-state index contributed by atoms with van der Waals surface area (Å²) in [6.45, 7) is 11.3. The summed E-state index contributed by atoms with van der Waals surface area (Å²) >= 11 is 2.12. The van der Waals surface area contributed by atoms with Crippen LogP contribution < -0.4 is 5.32 Å². The van der Waals surface area contributed by atoms with Gasteiger partial charge in [0.1, 0.15) is 0 Å². The molecule has 0 aliphatic carbocycles. The van der Waals surface area contributed by atoms with E-state index < -0.39 is 0 Å². The molecule has 0 spiro atoms. The van der Waals surface area contributed by atoms with Crippen molar-refractivity contribution >= 4 is 11.8 Å². The van der Waals surface area contributed by atoms with Crippen LogP contribution in [0.3, 0.4) is 0 Å². The van der Waals surface area contributed by atoms with Crippen molar-refractivity contribution in [3.8, 4) is 0 Å². The number of thioether (sulfide) groups is 1. The molecule has 2 atom stereocenters. The number of hydrogen-bond donors (Lipinski definition) is 1. The van der Waals surface area contributed by atoms with E-state index in [2.05, 4.69) is 35.8 Å². The van der Waals surface area contributed by atoms with E-state index in [4.69, 9.17) is 4.74 Å². The number of nitrogens with one attached hydrogen (secondary N) is 1. The SMILES string of the molecule is COCCNCCCN1CC(C)SC(C)C1. The highest BCUT2D eigenvalue weighted by Gasteiger charge is 2.21. The first-order valence-electron chi connectivity index (χ1n) is 6.30. The van der Waals surface area contributed by atoms with E-state index in [0.29, 0.717) is 0 Å². The van der Waals surface area contributed by atoms with Crippen LogP contribution in [0.4, 0.5) is 0 Å². The Hall–Kier alpha value is 0.230. The van der Waals surface area contributed by atoms with Crippen LogP contribution in [-0.2, 0) is 4.74 Å². The Morgan fingerprint density at radius 3 is 2.56 bits per heavy atom. The van der Waals surface area contributed by atoms with Crippen molar-refractivity contribution in [2.24, 2.45) is 0 Å². The molecule has 0 aromatic heterocycles. The quantitative estimate of drug-likeness (QED) is 0.687. The highest BCUT2D eigenvalue weighted by atomic mass is 32.2. The molecule has 4 heteroatoms. The van der Waals surface area contributed by atoms with Crippen molar-refractivity contribution in [2.75, 3.05) is 46.4 Å². The van der Waals surface area contributed by atoms with Crippen LogP contribution in [0, 0.1) is 0 Å². The normalized spacial score (nSPS) is 27.2. The van der Waals surface area contributed by atoms with Crippen LogP contribution in [0.15, 0.2) is 0 Å². The number of methoxy groups -OCH3 is 1. The molecule has 96 valence electrons. The summed E-state index contributed by atoms with van der Waals surface area (Å²) in [6.07, 6.45) is 1.24. The highest BCUT2D eigenvalue weighted by molar-refractivity contribution is 8.00. The maximum atomic E-state index is 4.99. The molecule has 1 aliphatic rings. The van der Waals surface area contributed by atoms with E-state index in [0.717, 1.165) is 30.2 Å². The zero-order chi connectivity index (χ0) is 11.8. The molecule has 16 heavy (non-hydrogen) atoms. The minimum absolute atomic E-state index is 0.796. The Morgan fingerprint density at radius 1 is 1.25 bits per heavy atom. The molecule has 1 aliphatic heterocycles. The Kier molecular flexibility index (Phi) is 7.45. The molecule has 0 bridgehead atoms. The second-order valence-electron chi connectivity index (χ2n) is 4.61. The Bertz CT molecular complexity index is 170. The summed E-state index contributed by atoms with van der Waals surface area (Å²) < 4.78 is 4.99. The summed E-state index contributed by atoms with van der Waals surface area (Å²) in [5.74, 6) is 0. The lowest BCUT2D eigenvalue weighted by Gasteiger charge is -2.34. The van der Waals surface area contributed by atoms with Gasteiger partial charge >= 0.3 is 0 Å². The van der Waals surface area contributed by atoms with Crippen molar-refractivity contribution in [2.45, 2.75) is 30.8 Å². The van der Waals surface area contributed by atoms with Gasteiger partial charge in [0.15, 0.2) is 0 Å². The van der Waals surface area contributed by atoms with E-state index >= 15 is 0 Å². The third-order valence-corrected chi connectivity index (χ3v) is 4.03. The van der Waals surface area contributed by atoms with Crippen LogP contribution in [-0.4, -0.2) is 61.8 Å². The molecular formula is C12H26N2OS. The fraction of sp³-hybridized carbons (Fsp3) is 1.00. The average Bonchev–Trinajstić information content (AvgIpc) is 2.22. The van der Waals surface area contributed by atoms with Crippen LogP contribution in [0.1, 0.15) is 20.3 Å². The van der Waals surface area contributed by atoms with Crippen molar-refractivity contribution in [1.29, 1.82) is 0 Å². The van der Waals surface area contributed by atoms with E-state index in [1.807, 2.05) is 0 Å². The summed E-state index contributed by atoms with van der Waals surface area (Å²) in [5, 5.41) is 4.98. The second kappa shape index (κ2) is 8.34. The van der Waals surface area contributed by atoms with Crippen LogP contribution in [0.5, 0.6) is 0 Å². The summed E-state index contributed by atoms with van der Waals surface area (Å²) in [7, 11) is 1.75. The molecule has 0 saturated carbocycles. The predicted molar refractivity (Wildman–Crippen MR) is 72.3 cm³/mol. The highest BCUT2D eigenvalue weighted by Crippen LogP contribution is 2.24. The van der Waals surface area contributed by atoms with Crippen molar-refractivity contribution in [3.63, 3.8) is 0 Å². The first-order valence-corrected chi connectivity index (χ1v) is 7.24. The molecule has 1 rings (SSSR count). The fourth-order valence-corrected chi connectivity index (χ4v) is 3.58. The van der Waals surface area contributed by atoms with Gasteiger partial charge in [0.2, 0.25) is 0 Å². The Labute approximate surface area is 104 Å². The molecule has 1 fully saturated rings. The standard InChI is InChI=1S/C12H26N2OS/c1-11-9-14(10-12(2)16-11)7-4-5-13-6-8-15-3/h11-13H,4-10H2,1-3H3. The second-order valence-corrected chi connectivity index (χ2v) is 6.49. The van der Waals surface area contributed by atoms with Crippen LogP contribution in [0.25, 0.3) is 0 Å². The topological polar surface area (TPSA) is 24.5 Å². The van der Waals surface area contributed by atoms with E-state index in [9.17, 15) is 0 Å². The Balaban J connectivity index is 1.99. The first kappa shape index (κ1) is 14.3. The van der Waals surface area contributed by atoms with Gasteiger partial charge in [-0.3, -0.25) is 0 Å². The lowest BCUT2D eigenvalue weighted by Crippen LogP contribution is -2.41. The molecule has 3 nitrogen and oxygen atoms in total. The molecule has 0 radical (unpaired) electrons. The van der Waals surface area contributed by atoms with Gasteiger partial charge in [-0.25, -0.2) is 0 Å². The molecule has 1 saturated heterocycles. The molecule has 0 aromatic rings. The fourth-order valence-electron chi connectivity index (χ4n) is 2.19. The van der Waals surface area contributed by atoms with Gasteiger partial charge in [0.25, 0.3) is 0 Å². The van der Waals surface area contributed by atoms with Gasteiger partial charge in [-0.15, -0.1) is 0 Å². The zero-order valence-electron chi connectivity index (χ0n) is 10.9. The van der Waals surface area contributed by atoms with Gasteiger partial charge in [0, 0.05) is 37.2 Å². The van der Waals surface area contributed by atoms with E-state index in [1.165, 1.54) is 26.1 Å². The predicted octanol–water partition coefficient (Wildman–Crippen LogP) is 1.44. The minimum atomic E-state index is 0.796. The van der Waals surface area contributed by atoms with Gasteiger partial charge in [-0.1, -0.05) is 13.8 Å². The molecular weight excluding hydrogens is 220 g/mol. The van der Waals surface area contributed by atoms with Crippen molar-refractivity contribution < 1.29 is 4.74 Å². The Morgan fingerprint density at radius 2 is 1.94 bits per heavy atom. The minimum Gasteiger partial charge on any atom is -0.383 e. The maximum Gasteiger partial charge on any atom is 0.0587 e. The number of rotatable bonds is 7. The maximum absolute atomic E-state index is 4.99. The third kappa shape index (κ3) is 6.09.